The number of likely N-dealkylation sites (N-methyl/N-ethyl adjacent to an activating group) is 2. The second-order valence-electron chi connectivity index (χ2n) is 5.03. The molecular formula is C13H23N3O. The maximum absolute atomic E-state index is 5.46. The van der Waals surface area contributed by atoms with Crippen LogP contribution in [0.2, 0.25) is 0 Å². The summed E-state index contributed by atoms with van der Waals surface area (Å²) in [7, 11) is 4.22. The highest BCUT2D eigenvalue weighted by Gasteiger charge is 2.30. The van der Waals surface area contributed by atoms with Crippen LogP contribution in [-0.2, 0) is 6.54 Å². The van der Waals surface area contributed by atoms with Gasteiger partial charge < -0.3 is 14.6 Å². The van der Waals surface area contributed by atoms with E-state index in [9.17, 15) is 0 Å². The molecule has 1 aromatic rings. The smallest absolute Gasteiger partial charge is 0.117 e. The molecule has 2 atom stereocenters. The Morgan fingerprint density at radius 1 is 1.47 bits per heavy atom. The summed E-state index contributed by atoms with van der Waals surface area (Å²) in [6, 6.07) is 5.14. The Kier molecular flexibility index (Phi) is 4.20. The predicted octanol–water partition coefficient (Wildman–Crippen LogP) is 1.00. The van der Waals surface area contributed by atoms with Crippen LogP contribution in [0.5, 0.6) is 0 Å². The summed E-state index contributed by atoms with van der Waals surface area (Å²) < 4.78 is 5.46. The monoisotopic (exact) mass is 237 g/mol. The molecule has 0 aromatic carbocycles. The van der Waals surface area contributed by atoms with Crippen molar-refractivity contribution in [3.05, 3.63) is 24.2 Å². The molecule has 1 N–H and O–H groups in total. The summed E-state index contributed by atoms with van der Waals surface area (Å²) in [5, 5.41) is 3.29. The minimum Gasteiger partial charge on any atom is -0.468 e. The lowest BCUT2D eigenvalue weighted by Crippen LogP contribution is -2.58. The van der Waals surface area contributed by atoms with Gasteiger partial charge in [-0.25, -0.2) is 0 Å². The SMILES string of the molecule is CNCC1CN(C)CC(C)N1Cc1ccco1. The minimum absolute atomic E-state index is 0.554. The minimum atomic E-state index is 0.554. The third-order valence-electron chi connectivity index (χ3n) is 3.49. The molecule has 2 rings (SSSR count). The molecule has 0 bridgehead atoms. The van der Waals surface area contributed by atoms with Crippen molar-refractivity contribution in [1.29, 1.82) is 0 Å². The summed E-state index contributed by atoms with van der Waals surface area (Å²) >= 11 is 0. The second kappa shape index (κ2) is 5.67. The normalized spacial score (nSPS) is 27.5. The topological polar surface area (TPSA) is 31.6 Å². The van der Waals surface area contributed by atoms with Crippen LogP contribution in [0.1, 0.15) is 12.7 Å². The number of piperazine rings is 1. The fourth-order valence-corrected chi connectivity index (χ4v) is 2.74. The maximum Gasteiger partial charge on any atom is 0.117 e. The fourth-order valence-electron chi connectivity index (χ4n) is 2.74. The van der Waals surface area contributed by atoms with Gasteiger partial charge in [0, 0.05) is 31.7 Å². The van der Waals surface area contributed by atoms with E-state index >= 15 is 0 Å². The first kappa shape index (κ1) is 12.6. The molecule has 0 amide bonds. The van der Waals surface area contributed by atoms with Crippen molar-refractivity contribution in [3.8, 4) is 0 Å². The van der Waals surface area contributed by atoms with Crippen molar-refractivity contribution in [2.45, 2.75) is 25.6 Å². The summed E-state index contributed by atoms with van der Waals surface area (Å²) in [6.45, 7) is 6.47. The zero-order valence-electron chi connectivity index (χ0n) is 11.0. The Morgan fingerprint density at radius 3 is 2.94 bits per heavy atom. The van der Waals surface area contributed by atoms with Gasteiger partial charge in [-0.15, -0.1) is 0 Å². The van der Waals surface area contributed by atoms with E-state index in [1.165, 1.54) is 0 Å². The van der Waals surface area contributed by atoms with Crippen LogP contribution in [0.3, 0.4) is 0 Å². The molecule has 1 fully saturated rings. The van der Waals surface area contributed by atoms with Gasteiger partial charge in [-0.05, 0) is 33.2 Å². The Morgan fingerprint density at radius 2 is 2.29 bits per heavy atom. The highest BCUT2D eigenvalue weighted by molar-refractivity contribution is 5.00. The highest BCUT2D eigenvalue weighted by Crippen LogP contribution is 2.18. The van der Waals surface area contributed by atoms with Crippen LogP contribution >= 0.6 is 0 Å². The van der Waals surface area contributed by atoms with Gasteiger partial charge in [0.05, 0.1) is 12.8 Å². The van der Waals surface area contributed by atoms with E-state index in [0.29, 0.717) is 12.1 Å². The van der Waals surface area contributed by atoms with Crippen LogP contribution in [-0.4, -0.2) is 55.6 Å². The molecule has 0 saturated carbocycles. The molecule has 4 nitrogen and oxygen atoms in total. The Balaban J connectivity index is 2.04. The van der Waals surface area contributed by atoms with Gasteiger partial charge in [0.15, 0.2) is 0 Å². The van der Waals surface area contributed by atoms with Crippen molar-refractivity contribution in [3.63, 3.8) is 0 Å². The third kappa shape index (κ3) is 3.09. The first-order valence-electron chi connectivity index (χ1n) is 6.32. The molecular weight excluding hydrogens is 214 g/mol. The van der Waals surface area contributed by atoms with Crippen molar-refractivity contribution in [2.75, 3.05) is 33.7 Å². The lowest BCUT2D eigenvalue weighted by atomic mass is 10.1. The Labute approximate surface area is 104 Å². The predicted molar refractivity (Wildman–Crippen MR) is 68.9 cm³/mol. The molecule has 96 valence electrons. The maximum atomic E-state index is 5.46. The average Bonchev–Trinajstić information content (AvgIpc) is 2.76. The number of hydrogen-bond acceptors (Lipinski definition) is 4. The number of rotatable bonds is 4. The molecule has 0 aliphatic carbocycles. The van der Waals surface area contributed by atoms with Crippen LogP contribution in [0.15, 0.2) is 22.8 Å². The summed E-state index contributed by atoms with van der Waals surface area (Å²) in [6.07, 6.45) is 1.75. The number of nitrogens with zero attached hydrogens (tertiary/aromatic N) is 2. The van der Waals surface area contributed by atoms with Gasteiger partial charge in [0.25, 0.3) is 0 Å². The van der Waals surface area contributed by atoms with Crippen LogP contribution in [0.4, 0.5) is 0 Å². The zero-order chi connectivity index (χ0) is 12.3. The van der Waals surface area contributed by atoms with Crippen LogP contribution in [0.25, 0.3) is 0 Å². The molecule has 1 aliphatic rings. The first-order chi connectivity index (χ1) is 8.20. The van der Waals surface area contributed by atoms with Gasteiger partial charge in [-0.2, -0.15) is 0 Å². The van der Waals surface area contributed by atoms with Gasteiger partial charge in [-0.3, -0.25) is 4.90 Å². The van der Waals surface area contributed by atoms with E-state index in [4.69, 9.17) is 4.42 Å². The standard InChI is InChI=1S/C13H23N3O/c1-11-8-15(3)9-12(7-14-2)16(11)10-13-5-4-6-17-13/h4-6,11-12,14H,7-10H2,1-3H3. The van der Waals surface area contributed by atoms with Crippen LogP contribution in [0, 0.1) is 0 Å². The summed E-state index contributed by atoms with van der Waals surface area (Å²) in [5.74, 6) is 1.06. The van der Waals surface area contributed by atoms with E-state index in [0.717, 1.165) is 31.9 Å². The number of furan rings is 1. The lowest BCUT2D eigenvalue weighted by molar-refractivity contribution is 0.0329. The summed E-state index contributed by atoms with van der Waals surface area (Å²) in [4.78, 5) is 4.95. The van der Waals surface area contributed by atoms with E-state index in [1.54, 1.807) is 6.26 Å². The highest BCUT2D eigenvalue weighted by atomic mass is 16.3. The average molecular weight is 237 g/mol. The molecule has 1 aromatic heterocycles. The van der Waals surface area contributed by atoms with Gasteiger partial charge >= 0.3 is 0 Å². The first-order valence-corrected chi connectivity index (χ1v) is 6.32. The lowest BCUT2D eigenvalue weighted by Gasteiger charge is -2.44. The van der Waals surface area contributed by atoms with Crippen LogP contribution < -0.4 is 5.32 Å². The molecule has 0 radical (unpaired) electrons. The zero-order valence-corrected chi connectivity index (χ0v) is 11.0. The van der Waals surface area contributed by atoms with E-state index in [2.05, 4.69) is 35.2 Å². The molecule has 17 heavy (non-hydrogen) atoms. The largest absolute Gasteiger partial charge is 0.468 e. The second-order valence-corrected chi connectivity index (χ2v) is 5.03. The van der Waals surface area contributed by atoms with Crippen molar-refractivity contribution >= 4 is 0 Å². The Hall–Kier alpha value is -0.840. The fraction of sp³-hybridized carbons (Fsp3) is 0.692. The number of nitrogens with one attached hydrogen (secondary N) is 1. The number of hydrogen-bond donors (Lipinski definition) is 1. The molecule has 0 spiro atoms. The van der Waals surface area contributed by atoms with Gasteiger partial charge in [0.1, 0.15) is 5.76 Å². The van der Waals surface area contributed by atoms with Crippen molar-refractivity contribution in [1.82, 2.24) is 15.1 Å². The molecule has 1 aliphatic heterocycles. The third-order valence-corrected chi connectivity index (χ3v) is 3.49. The molecule has 4 heteroatoms. The van der Waals surface area contributed by atoms with E-state index in [-0.39, 0.29) is 0 Å². The van der Waals surface area contributed by atoms with Crippen molar-refractivity contribution in [2.24, 2.45) is 0 Å². The van der Waals surface area contributed by atoms with Gasteiger partial charge in [-0.1, -0.05) is 0 Å². The molecule has 2 unspecified atom stereocenters. The van der Waals surface area contributed by atoms with E-state index < -0.39 is 0 Å². The van der Waals surface area contributed by atoms with E-state index in [1.807, 2.05) is 13.1 Å². The summed E-state index contributed by atoms with van der Waals surface area (Å²) in [5.41, 5.74) is 0. The Bertz CT molecular complexity index is 325. The molecule has 1 saturated heterocycles. The molecule has 2 heterocycles. The van der Waals surface area contributed by atoms with Crippen molar-refractivity contribution < 1.29 is 4.42 Å². The quantitative estimate of drug-likeness (QED) is 0.847. The van der Waals surface area contributed by atoms with Gasteiger partial charge in [0.2, 0.25) is 0 Å².